The van der Waals surface area contributed by atoms with Gasteiger partial charge in [0.15, 0.2) is 5.82 Å². The predicted molar refractivity (Wildman–Crippen MR) is 260 cm³/mol. The van der Waals surface area contributed by atoms with E-state index in [0.29, 0.717) is 5.82 Å². The molecule has 0 unspecified atom stereocenters. The van der Waals surface area contributed by atoms with E-state index < -0.39 is 0 Å². The van der Waals surface area contributed by atoms with Crippen molar-refractivity contribution >= 4 is 63.8 Å². The van der Waals surface area contributed by atoms with Crippen LogP contribution in [0.25, 0.3) is 120 Å². The third-order valence-corrected chi connectivity index (χ3v) is 13.2. The van der Waals surface area contributed by atoms with Crippen LogP contribution in [0.15, 0.2) is 218 Å². The SMILES string of the molecule is c1ccc(-c2ccc(-c3cc(-c4cccc(-c5ccc6c(c5)c5ccccc5c5cccc(-c7ccc8c(c7)sc7ccccc78)c56)c4)nc(-c4ccccc4)n3)cc2)cc1. The van der Waals surface area contributed by atoms with Crippen LogP contribution in [-0.4, -0.2) is 9.97 Å². The molecular weight excluding hydrogens is 757 g/mol. The zero-order chi connectivity index (χ0) is 40.3. The average molecular weight is 793 g/mol. The molecule has 3 heteroatoms. The van der Waals surface area contributed by atoms with Gasteiger partial charge in [0.05, 0.1) is 11.4 Å². The lowest BCUT2D eigenvalue weighted by Gasteiger charge is -2.16. The standard InChI is InChI=1S/C58H36N2S/c1-3-13-37(14-4-1)38-25-27-39(28-26-38)53-36-54(60-58(59-53)40-15-5-2-6-16-40)44-18-11-17-41(33-44)42-29-32-51-52(34-42)47-20-8-7-19-46(47)50-23-12-22-45(57(50)51)43-30-31-49-48-21-9-10-24-55(48)61-56(49)35-43/h1-36H. The molecule has 0 saturated carbocycles. The Morgan fingerprint density at radius 2 is 0.770 bits per heavy atom. The maximum absolute atomic E-state index is 5.18. The van der Waals surface area contributed by atoms with Crippen LogP contribution >= 0.6 is 11.3 Å². The van der Waals surface area contributed by atoms with E-state index in [2.05, 4.69) is 194 Å². The Bertz CT molecular complexity index is 3630. The molecule has 0 amide bonds. The number of hydrogen-bond acceptors (Lipinski definition) is 3. The molecule has 284 valence electrons. The van der Waals surface area contributed by atoms with Crippen LogP contribution < -0.4 is 0 Å². The molecule has 12 rings (SSSR count). The van der Waals surface area contributed by atoms with E-state index >= 15 is 0 Å². The van der Waals surface area contributed by atoms with Crippen molar-refractivity contribution < 1.29 is 0 Å². The van der Waals surface area contributed by atoms with Crippen molar-refractivity contribution in [3.8, 4) is 67.3 Å². The largest absolute Gasteiger partial charge is 0.228 e. The summed E-state index contributed by atoms with van der Waals surface area (Å²) in [4.78, 5) is 10.3. The van der Waals surface area contributed by atoms with Crippen molar-refractivity contribution in [1.29, 1.82) is 0 Å². The van der Waals surface area contributed by atoms with E-state index in [4.69, 9.17) is 9.97 Å². The second-order valence-electron chi connectivity index (χ2n) is 15.7. The lowest BCUT2D eigenvalue weighted by atomic mass is 9.88. The van der Waals surface area contributed by atoms with Gasteiger partial charge in [0.2, 0.25) is 0 Å². The van der Waals surface area contributed by atoms with E-state index in [-0.39, 0.29) is 0 Å². The summed E-state index contributed by atoms with van der Waals surface area (Å²) in [5, 5.41) is 10.2. The van der Waals surface area contributed by atoms with Crippen molar-refractivity contribution in [3.63, 3.8) is 0 Å². The molecule has 0 bridgehead atoms. The topological polar surface area (TPSA) is 25.8 Å². The van der Waals surface area contributed by atoms with Crippen LogP contribution in [0.3, 0.4) is 0 Å². The van der Waals surface area contributed by atoms with Gasteiger partial charge >= 0.3 is 0 Å². The number of nitrogens with zero attached hydrogens (tertiary/aromatic N) is 2. The maximum Gasteiger partial charge on any atom is 0.160 e. The van der Waals surface area contributed by atoms with Gasteiger partial charge in [-0.1, -0.05) is 188 Å². The van der Waals surface area contributed by atoms with E-state index in [1.54, 1.807) is 0 Å². The summed E-state index contributed by atoms with van der Waals surface area (Å²) in [6.45, 7) is 0. The fourth-order valence-corrected chi connectivity index (χ4v) is 10.2. The van der Waals surface area contributed by atoms with Gasteiger partial charge in [-0.25, -0.2) is 9.97 Å². The summed E-state index contributed by atoms with van der Waals surface area (Å²) < 4.78 is 2.64. The highest BCUT2D eigenvalue weighted by Gasteiger charge is 2.17. The van der Waals surface area contributed by atoms with E-state index in [1.807, 2.05) is 35.6 Å². The van der Waals surface area contributed by atoms with Crippen molar-refractivity contribution in [2.24, 2.45) is 0 Å². The van der Waals surface area contributed by atoms with Gasteiger partial charge in [0.25, 0.3) is 0 Å². The molecule has 0 radical (unpaired) electrons. The zero-order valence-corrected chi connectivity index (χ0v) is 33.9. The minimum atomic E-state index is 0.706. The first kappa shape index (κ1) is 35.2. The van der Waals surface area contributed by atoms with Crippen LogP contribution in [0.4, 0.5) is 0 Å². The van der Waals surface area contributed by atoms with Gasteiger partial charge < -0.3 is 0 Å². The first-order valence-electron chi connectivity index (χ1n) is 20.7. The van der Waals surface area contributed by atoms with Crippen molar-refractivity contribution in [2.75, 3.05) is 0 Å². The van der Waals surface area contributed by atoms with Gasteiger partial charge in [0, 0.05) is 36.9 Å². The molecule has 61 heavy (non-hydrogen) atoms. The number of hydrogen-bond donors (Lipinski definition) is 0. The fourth-order valence-electron chi connectivity index (χ4n) is 9.10. The summed E-state index contributed by atoms with van der Waals surface area (Å²) in [6, 6.07) is 78.7. The van der Waals surface area contributed by atoms with Crippen LogP contribution in [0.2, 0.25) is 0 Å². The van der Waals surface area contributed by atoms with Crippen LogP contribution in [0.1, 0.15) is 0 Å². The molecule has 0 spiro atoms. The first-order chi connectivity index (χ1) is 30.2. The minimum absolute atomic E-state index is 0.706. The summed E-state index contributed by atoms with van der Waals surface area (Å²) in [5.74, 6) is 0.706. The smallest absolute Gasteiger partial charge is 0.160 e. The highest BCUT2D eigenvalue weighted by atomic mass is 32.1. The lowest BCUT2D eigenvalue weighted by molar-refractivity contribution is 1.18. The summed E-state index contributed by atoms with van der Waals surface area (Å²) in [6.07, 6.45) is 0. The third-order valence-electron chi connectivity index (χ3n) is 12.1. The van der Waals surface area contributed by atoms with Crippen LogP contribution in [-0.2, 0) is 0 Å². The van der Waals surface area contributed by atoms with Gasteiger partial charge in [0.1, 0.15) is 0 Å². The zero-order valence-electron chi connectivity index (χ0n) is 33.1. The van der Waals surface area contributed by atoms with Crippen LogP contribution in [0.5, 0.6) is 0 Å². The number of rotatable bonds is 6. The Kier molecular flexibility index (Phi) is 8.39. The van der Waals surface area contributed by atoms with Gasteiger partial charge in [-0.2, -0.15) is 0 Å². The van der Waals surface area contributed by atoms with Gasteiger partial charge in [-0.15, -0.1) is 11.3 Å². The first-order valence-corrected chi connectivity index (χ1v) is 21.5. The summed E-state index contributed by atoms with van der Waals surface area (Å²) in [5.41, 5.74) is 12.0. The molecule has 2 nitrogen and oxygen atoms in total. The molecule has 0 N–H and O–H groups in total. The molecule has 0 aliphatic carbocycles. The Balaban J connectivity index is 0.988. The Labute approximate surface area is 357 Å². The van der Waals surface area contributed by atoms with Gasteiger partial charge in [-0.05, 0) is 96.0 Å². The van der Waals surface area contributed by atoms with E-state index in [1.165, 1.54) is 74.7 Å². The summed E-state index contributed by atoms with van der Waals surface area (Å²) >= 11 is 1.87. The molecule has 0 fully saturated rings. The second kappa shape index (κ2) is 14.5. The van der Waals surface area contributed by atoms with Gasteiger partial charge in [-0.3, -0.25) is 0 Å². The van der Waals surface area contributed by atoms with Crippen molar-refractivity contribution in [3.05, 3.63) is 218 Å². The quantitative estimate of drug-likeness (QED) is 0.157. The molecule has 12 aromatic rings. The highest BCUT2D eigenvalue weighted by Crippen LogP contribution is 2.44. The molecule has 2 heterocycles. The number of aromatic nitrogens is 2. The molecular formula is C58H36N2S. The van der Waals surface area contributed by atoms with E-state index in [9.17, 15) is 0 Å². The summed E-state index contributed by atoms with van der Waals surface area (Å²) in [7, 11) is 0. The maximum atomic E-state index is 5.18. The molecule has 0 atom stereocenters. The molecule has 0 aliphatic heterocycles. The third kappa shape index (κ3) is 6.18. The Morgan fingerprint density at radius 3 is 1.57 bits per heavy atom. The van der Waals surface area contributed by atoms with Crippen LogP contribution in [0, 0.1) is 0 Å². The number of benzene rings is 10. The molecule has 2 aromatic heterocycles. The van der Waals surface area contributed by atoms with E-state index in [0.717, 1.165) is 39.2 Å². The Hall–Kier alpha value is -7.72. The Morgan fingerprint density at radius 1 is 0.262 bits per heavy atom. The minimum Gasteiger partial charge on any atom is -0.228 e. The number of fused-ring (bicyclic) bond motifs is 9. The monoisotopic (exact) mass is 792 g/mol. The number of thiophene rings is 1. The molecule has 10 aromatic carbocycles. The van der Waals surface area contributed by atoms with Crippen molar-refractivity contribution in [1.82, 2.24) is 9.97 Å². The lowest BCUT2D eigenvalue weighted by Crippen LogP contribution is -1.96. The van der Waals surface area contributed by atoms with Crippen molar-refractivity contribution in [2.45, 2.75) is 0 Å². The highest BCUT2D eigenvalue weighted by molar-refractivity contribution is 7.25. The average Bonchev–Trinajstić information content (AvgIpc) is 3.72. The normalized spacial score (nSPS) is 11.6. The predicted octanol–water partition coefficient (Wildman–Crippen LogP) is 16.3. The molecule has 0 saturated heterocycles. The molecule has 0 aliphatic rings. The fraction of sp³-hybridized carbons (Fsp3) is 0. The second-order valence-corrected chi connectivity index (χ2v) is 16.8.